The minimum atomic E-state index is -0.109. The van der Waals surface area contributed by atoms with Gasteiger partial charge in [-0.3, -0.25) is 14.2 Å². The van der Waals surface area contributed by atoms with Crippen LogP contribution in [0.1, 0.15) is 20.0 Å². The fourth-order valence-electron chi connectivity index (χ4n) is 2.98. The number of rotatable bonds is 4. The van der Waals surface area contributed by atoms with Gasteiger partial charge in [0, 0.05) is 27.6 Å². The third-order valence-corrected chi connectivity index (χ3v) is 5.32. The molecule has 0 unspecified atom stereocenters. The highest BCUT2D eigenvalue weighted by molar-refractivity contribution is 7.17. The first-order valence-corrected chi connectivity index (χ1v) is 8.87. The minimum absolute atomic E-state index is 0.109. The highest BCUT2D eigenvalue weighted by atomic mass is 32.1. The van der Waals surface area contributed by atoms with Crippen LogP contribution in [0.4, 0.5) is 0 Å². The molecule has 0 bridgehead atoms. The first-order valence-electron chi connectivity index (χ1n) is 8.05. The molecule has 5 heteroatoms. The maximum atomic E-state index is 13.0. The number of aromatic nitrogens is 1. The maximum absolute atomic E-state index is 13.0. The fourth-order valence-corrected chi connectivity index (χ4v) is 3.82. The zero-order valence-electron chi connectivity index (χ0n) is 14.0. The van der Waals surface area contributed by atoms with Crippen LogP contribution < -0.4 is 4.74 Å². The number of fused-ring (bicyclic) bond motifs is 1. The monoisotopic (exact) mass is 361 g/mol. The molecule has 0 fully saturated rings. The number of para-hydroxylation sites is 1. The summed E-state index contributed by atoms with van der Waals surface area (Å²) in [5.41, 5.74) is 2.36. The number of carbonyl (C=O) groups is 2. The van der Waals surface area contributed by atoms with Crippen LogP contribution >= 0.6 is 11.3 Å². The fraction of sp³-hybridized carbons (Fsp3) is 0.0476. The molecular formula is C21H15NO3S. The Kier molecular flexibility index (Phi) is 4.14. The van der Waals surface area contributed by atoms with E-state index in [1.165, 1.54) is 11.3 Å². The van der Waals surface area contributed by atoms with E-state index in [0.29, 0.717) is 16.2 Å². The third-order valence-electron chi connectivity index (χ3n) is 4.28. The summed E-state index contributed by atoms with van der Waals surface area (Å²) in [6.07, 6.45) is 2.69. The Hall–Kier alpha value is -3.18. The van der Waals surface area contributed by atoms with Crippen molar-refractivity contribution >= 4 is 34.4 Å². The van der Waals surface area contributed by atoms with Gasteiger partial charge in [0.2, 0.25) is 0 Å². The molecule has 4 rings (SSSR count). The van der Waals surface area contributed by atoms with E-state index in [4.69, 9.17) is 4.74 Å². The molecule has 4 nitrogen and oxygen atoms in total. The number of nitrogens with zero attached hydrogens (tertiary/aromatic N) is 1. The predicted molar refractivity (Wildman–Crippen MR) is 103 cm³/mol. The summed E-state index contributed by atoms with van der Waals surface area (Å²) in [5, 5.41) is 0.980. The average Bonchev–Trinajstić information content (AvgIpc) is 3.32. The van der Waals surface area contributed by atoms with Crippen LogP contribution in [0.25, 0.3) is 21.3 Å². The average molecular weight is 361 g/mol. The summed E-state index contributed by atoms with van der Waals surface area (Å²) in [6.45, 7) is 0. The van der Waals surface area contributed by atoms with E-state index in [9.17, 15) is 9.59 Å². The van der Waals surface area contributed by atoms with Crippen LogP contribution in [0.5, 0.6) is 5.75 Å². The second-order valence-electron chi connectivity index (χ2n) is 5.78. The van der Waals surface area contributed by atoms with Crippen molar-refractivity contribution in [2.24, 2.45) is 0 Å². The van der Waals surface area contributed by atoms with Crippen molar-refractivity contribution in [2.75, 3.05) is 7.11 Å². The van der Waals surface area contributed by atoms with Crippen LogP contribution in [0, 0.1) is 0 Å². The molecule has 0 amide bonds. The van der Waals surface area contributed by atoms with E-state index in [1.54, 1.807) is 42.0 Å². The van der Waals surface area contributed by atoms with Gasteiger partial charge in [-0.15, -0.1) is 11.3 Å². The van der Waals surface area contributed by atoms with E-state index < -0.39 is 0 Å². The summed E-state index contributed by atoms with van der Waals surface area (Å²) in [7, 11) is 1.59. The van der Waals surface area contributed by atoms with Gasteiger partial charge < -0.3 is 4.74 Å². The van der Waals surface area contributed by atoms with E-state index >= 15 is 0 Å². The molecule has 0 saturated carbocycles. The zero-order chi connectivity index (χ0) is 18.1. The first kappa shape index (κ1) is 16.3. The van der Waals surface area contributed by atoms with Crippen molar-refractivity contribution in [3.05, 3.63) is 77.3 Å². The number of hydrogen-bond acceptors (Lipinski definition) is 4. The Bertz CT molecular complexity index is 1110. The smallest absolute Gasteiger partial charge is 0.262 e. The second-order valence-corrected chi connectivity index (χ2v) is 6.90. The molecule has 0 aliphatic carbocycles. The number of carbonyl (C=O) groups excluding carboxylic acids is 2. The standard InChI is InChI=1S/C21H15NO3S/c1-25-15-8-6-14(7-9-15)21(24)22-12-18(17-4-2-3-5-19(17)22)20-11-10-16(13-23)26-20/h2-13H,1H3. The van der Waals surface area contributed by atoms with Crippen LogP contribution in [0.3, 0.4) is 0 Å². The molecule has 26 heavy (non-hydrogen) atoms. The summed E-state index contributed by atoms with van der Waals surface area (Å²) >= 11 is 1.42. The molecule has 128 valence electrons. The molecule has 0 spiro atoms. The summed E-state index contributed by atoms with van der Waals surface area (Å²) in [5.74, 6) is 0.599. The molecule has 0 radical (unpaired) electrons. The van der Waals surface area contributed by atoms with Crippen LogP contribution in [-0.4, -0.2) is 23.9 Å². The van der Waals surface area contributed by atoms with Gasteiger partial charge in [0.1, 0.15) is 5.75 Å². The summed E-state index contributed by atoms with van der Waals surface area (Å²) in [4.78, 5) is 25.7. The number of methoxy groups -OCH3 is 1. The van der Waals surface area contributed by atoms with Crippen LogP contribution in [0.15, 0.2) is 66.9 Å². The van der Waals surface area contributed by atoms with Crippen molar-refractivity contribution in [1.82, 2.24) is 4.57 Å². The topological polar surface area (TPSA) is 48.3 Å². The lowest BCUT2D eigenvalue weighted by molar-refractivity contribution is 0.0964. The molecule has 0 saturated heterocycles. The van der Waals surface area contributed by atoms with Crippen molar-refractivity contribution in [3.8, 4) is 16.2 Å². The molecule has 2 heterocycles. The number of hydrogen-bond donors (Lipinski definition) is 0. The Morgan fingerprint density at radius 3 is 2.50 bits per heavy atom. The van der Waals surface area contributed by atoms with Gasteiger partial charge in [-0.25, -0.2) is 0 Å². The second kappa shape index (κ2) is 6.61. The molecule has 0 N–H and O–H groups in total. The lowest BCUT2D eigenvalue weighted by Crippen LogP contribution is -2.10. The van der Waals surface area contributed by atoms with Crippen LogP contribution in [-0.2, 0) is 0 Å². The molecule has 4 aromatic rings. The van der Waals surface area contributed by atoms with E-state index in [1.807, 2.05) is 36.5 Å². The number of thiophene rings is 1. The first-order chi connectivity index (χ1) is 12.7. The van der Waals surface area contributed by atoms with Gasteiger partial charge in [0.05, 0.1) is 17.5 Å². The van der Waals surface area contributed by atoms with Crippen LogP contribution in [0.2, 0.25) is 0 Å². The van der Waals surface area contributed by atoms with E-state index in [0.717, 1.165) is 27.6 Å². The number of ether oxygens (including phenoxy) is 1. The molecular weight excluding hydrogens is 346 g/mol. The Balaban J connectivity index is 1.84. The van der Waals surface area contributed by atoms with Crippen molar-refractivity contribution in [1.29, 1.82) is 0 Å². The quantitative estimate of drug-likeness (QED) is 0.487. The lowest BCUT2D eigenvalue weighted by atomic mass is 10.1. The molecule has 2 aromatic heterocycles. The van der Waals surface area contributed by atoms with Crippen molar-refractivity contribution in [2.45, 2.75) is 0 Å². The summed E-state index contributed by atoms with van der Waals surface area (Å²) < 4.78 is 6.81. The van der Waals surface area contributed by atoms with Gasteiger partial charge in [-0.05, 0) is 42.5 Å². The zero-order valence-corrected chi connectivity index (χ0v) is 14.8. The Morgan fingerprint density at radius 1 is 1.04 bits per heavy atom. The summed E-state index contributed by atoms with van der Waals surface area (Å²) in [6, 6.07) is 18.5. The Labute approximate surface area is 154 Å². The SMILES string of the molecule is COc1ccc(C(=O)n2cc(-c3ccc(C=O)s3)c3ccccc32)cc1. The van der Waals surface area contributed by atoms with Gasteiger partial charge >= 0.3 is 0 Å². The normalized spacial score (nSPS) is 10.8. The predicted octanol–water partition coefficient (Wildman–Crippen LogP) is 4.88. The van der Waals surface area contributed by atoms with Crippen molar-refractivity contribution < 1.29 is 14.3 Å². The number of aldehydes is 1. The van der Waals surface area contributed by atoms with Gasteiger partial charge in [0.25, 0.3) is 5.91 Å². The molecule has 0 aliphatic rings. The maximum Gasteiger partial charge on any atom is 0.262 e. The molecule has 2 aromatic carbocycles. The largest absolute Gasteiger partial charge is 0.497 e. The lowest BCUT2D eigenvalue weighted by Gasteiger charge is -2.05. The highest BCUT2D eigenvalue weighted by Gasteiger charge is 2.17. The Morgan fingerprint density at radius 2 is 1.81 bits per heavy atom. The highest BCUT2D eigenvalue weighted by Crippen LogP contribution is 2.35. The van der Waals surface area contributed by atoms with Crippen molar-refractivity contribution in [3.63, 3.8) is 0 Å². The third kappa shape index (κ3) is 2.72. The minimum Gasteiger partial charge on any atom is -0.497 e. The van der Waals surface area contributed by atoms with Gasteiger partial charge in [-0.2, -0.15) is 0 Å². The molecule has 0 aliphatic heterocycles. The van der Waals surface area contributed by atoms with E-state index in [-0.39, 0.29) is 5.91 Å². The van der Waals surface area contributed by atoms with Gasteiger partial charge in [0.15, 0.2) is 6.29 Å². The van der Waals surface area contributed by atoms with Gasteiger partial charge in [-0.1, -0.05) is 18.2 Å². The van der Waals surface area contributed by atoms with E-state index in [2.05, 4.69) is 0 Å². The number of benzene rings is 2. The molecule has 0 atom stereocenters.